The second kappa shape index (κ2) is 7.59. The number of halogens is 1. The van der Waals surface area contributed by atoms with E-state index in [0.717, 1.165) is 4.90 Å². The van der Waals surface area contributed by atoms with Crippen LogP contribution in [0.3, 0.4) is 0 Å². The minimum Gasteiger partial charge on any atom is -0.454 e. The van der Waals surface area contributed by atoms with Gasteiger partial charge < -0.3 is 10.1 Å². The number of carbonyl (C=O) groups is 4. The van der Waals surface area contributed by atoms with E-state index in [2.05, 4.69) is 5.32 Å². The number of amides is 3. The van der Waals surface area contributed by atoms with E-state index in [9.17, 15) is 19.2 Å². The largest absolute Gasteiger partial charge is 0.454 e. The highest BCUT2D eigenvalue weighted by Crippen LogP contribution is 2.25. The third kappa shape index (κ3) is 3.68. The summed E-state index contributed by atoms with van der Waals surface area (Å²) in [5, 5.41) is 2.85. The molecule has 3 amide bonds. The molecule has 0 bridgehead atoms. The predicted molar refractivity (Wildman–Crippen MR) is 97.4 cm³/mol. The number of rotatable bonds is 5. The van der Waals surface area contributed by atoms with Gasteiger partial charge in [0.25, 0.3) is 17.7 Å². The summed E-state index contributed by atoms with van der Waals surface area (Å²) in [5.41, 5.74) is 0.853. The van der Waals surface area contributed by atoms with Gasteiger partial charge >= 0.3 is 5.97 Å². The molecular weight excluding hydrogens is 372 g/mol. The van der Waals surface area contributed by atoms with Crippen molar-refractivity contribution in [1.29, 1.82) is 0 Å². The molecule has 0 fully saturated rings. The minimum absolute atomic E-state index is 0.235. The van der Waals surface area contributed by atoms with Crippen molar-refractivity contribution in [3.8, 4) is 0 Å². The van der Waals surface area contributed by atoms with Crippen molar-refractivity contribution in [3.63, 3.8) is 0 Å². The van der Waals surface area contributed by atoms with Gasteiger partial charge in [0.05, 0.1) is 21.8 Å². The van der Waals surface area contributed by atoms with Crippen molar-refractivity contribution < 1.29 is 23.9 Å². The Bertz CT molecular complexity index is 908. The van der Waals surface area contributed by atoms with Crippen LogP contribution in [0.5, 0.6) is 0 Å². The fourth-order valence-corrected chi connectivity index (χ4v) is 2.85. The monoisotopic (exact) mass is 386 g/mol. The standard InChI is InChI=1S/C19H15ClN2O5/c1-11(22-17(24)12-6-2-3-7-13(12)18(22)25)19(26)27-10-16(23)21-15-9-5-4-8-14(15)20/h2-9,11H,10H2,1H3,(H,21,23). The molecule has 8 heteroatoms. The highest BCUT2D eigenvalue weighted by atomic mass is 35.5. The van der Waals surface area contributed by atoms with E-state index in [1.165, 1.54) is 19.1 Å². The van der Waals surface area contributed by atoms with Crippen LogP contribution < -0.4 is 5.32 Å². The van der Waals surface area contributed by atoms with Gasteiger partial charge in [-0.15, -0.1) is 0 Å². The van der Waals surface area contributed by atoms with Crippen LogP contribution in [0.25, 0.3) is 0 Å². The minimum atomic E-state index is -1.16. The Hall–Kier alpha value is -3.19. The first-order chi connectivity index (χ1) is 12.9. The summed E-state index contributed by atoms with van der Waals surface area (Å²) < 4.78 is 4.95. The number of nitrogens with one attached hydrogen (secondary N) is 1. The Kier molecular flexibility index (Phi) is 5.23. The van der Waals surface area contributed by atoms with Crippen LogP contribution in [0.2, 0.25) is 5.02 Å². The van der Waals surface area contributed by atoms with E-state index in [-0.39, 0.29) is 11.1 Å². The topological polar surface area (TPSA) is 92.8 Å². The van der Waals surface area contributed by atoms with E-state index < -0.39 is 36.3 Å². The number of para-hydroxylation sites is 1. The number of fused-ring (bicyclic) bond motifs is 1. The van der Waals surface area contributed by atoms with Crippen LogP contribution in [0.4, 0.5) is 5.69 Å². The van der Waals surface area contributed by atoms with Crippen LogP contribution >= 0.6 is 11.6 Å². The van der Waals surface area contributed by atoms with E-state index in [1.54, 1.807) is 36.4 Å². The third-order valence-electron chi connectivity index (χ3n) is 4.05. The molecule has 1 N–H and O–H groups in total. The van der Waals surface area contributed by atoms with Gasteiger partial charge in [0.1, 0.15) is 6.04 Å². The van der Waals surface area contributed by atoms with Gasteiger partial charge in [-0.3, -0.25) is 19.3 Å². The van der Waals surface area contributed by atoms with Crippen molar-refractivity contribution in [2.24, 2.45) is 0 Å². The lowest BCUT2D eigenvalue weighted by Crippen LogP contribution is -2.44. The quantitative estimate of drug-likeness (QED) is 0.629. The molecule has 1 aliphatic heterocycles. The van der Waals surface area contributed by atoms with Gasteiger partial charge in [-0.05, 0) is 31.2 Å². The summed E-state index contributed by atoms with van der Waals surface area (Å²) in [6.07, 6.45) is 0. The number of carbonyl (C=O) groups excluding carboxylic acids is 4. The molecule has 27 heavy (non-hydrogen) atoms. The Morgan fingerprint density at radius 3 is 2.19 bits per heavy atom. The van der Waals surface area contributed by atoms with Crippen molar-refractivity contribution in [3.05, 3.63) is 64.7 Å². The Morgan fingerprint density at radius 2 is 1.59 bits per heavy atom. The Balaban J connectivity index is 1.60. The van der Waals surface area contributed by atoms with Gasteiger partial charge in [-0.2, -0.15) is 0 Å². The van der Waals surface area contributed by atoms with Crippen molar-refractivity contribution in [1.82, 2.24) is 4.90 Å². The lowest BCUT2D eigenvalue weighted by atomic mass is 10.1. The summed E-state index contributed by atoms with van der Waals surface area (Å²) in [4.78, 5) is 49.7. The van der Waals surface area contributed by atoms with Gasteiger partial charge in [-0.1, -0.05) is 35.9 Å². The fraction of sp³-hybridized carbons (Fsp3) is 0.158. The van der Waals surface area contributed by atoms with E-state index in [0.29, 0.717) is 10.7 Å². The van der Waals surface area contributed by atoms with Crippen molar-refractivity contribution in [2.45, 2.75) is 13.0 Å². The van der Waals surface area contributed by atoms with Gasteiger partial charge in [0, 0.05) is 0 Å². The van der Waals surface area contributed by atoms with Crippen LogP contribution in [-0.4, -0.2) is 41.2 Å². The molecule has 0 saturated heterocycles. The molecule has 0 aliphatic carbocycles. The first-order valence-electron chi connectivity index (χ1n) is 8.08. The van der Waals surface area contributed by atoms with Crippen molar-refractivity contribution >= 4 is 41.0 Å². The molecule has 2 aromatic carbocycles. The number of hydrogen-bond donors (Lipinski definition) is 1. The van der Waals surface area contributed by atoms with Crippen molar-refractivity contribution in [2.75, 3.05) is 11.9 Å². The van der Waals surface area contributed by atoms with Crippen LogP contribution in [0, 0.1) is 0 Å². The van der Waals surface area contributed by atoms with E-state index >= 15 is 0 Å². The predicted octanol–water partition coefficient (Wildman–Crippen LogP) is 2.51. The molecule has 0 aromatic heterocycles. The molecule has 3 rings (SSSR count). The molecule has 0 spiro atoms. The fourth-order valence-electron chi connectivity index (χ4n) is 2.67. The van der Waals surface area contributed by atoms with Gasteiger partial charge in [0.2, 0.25) is 0 Å². The molecule has 138 valence electrons. The summed E-state index contributed by atoms with van der Waals surface area (Å²) in [6, 6.07) is 11.8. The molecular formula is C19H15ClN2O5. The zero-order valence-corrected chi connectivity index (χ0v) is 15.0. The smallest absolute Gasteiger partial charge is 0.329 e. The first-order valence-corrected chi connectivity index (χ1v) is 8.46. The Labute approximate surface area is 159 Å². The molecule has 0 radical (unpaired) electrons. The molecule has 1 heterocycles. The maximum Gasteiger partial charge on any atom is 0.329 e. The molecule has 1 atom stereocenters. The highest BCUT2D eigenvalue weighted by Gasteiger charge is 2.41. The van der Waals surface area contributed by atoms with E-state index in [4.69, 9.17) is 16.3 Å². The highest BCUT2D eigenvalue weighted by molar-refractivity contribution is 6.33. The van der Waals surface area contributed by atoms with Gasteiger partial charge in [0.15, 0.2) is 6.61 Å². The number of benzene rings is 2. The van der Waals surface area contributed by atoms with Crippen LogP contribution in [0.1, 0.15) is 27.6 Å². The molecule has 0 saturated carbocycles. The Morgan fingerprint density at radius 1 is 1.04 bits per heavy atom. The zero-order valence-electron chi connectivity index (χ0n) is 14.3. The molecule has 7 nitrogen and oxygen atoms in total. The number of imide groups is 1. The summed E-state index contributed by atoms with van der Waals surface area (Å²) in [6.45, 7) is 0.799. The lowest BCUT2D eigenvalue weighted by Gasteiger charge is -2.20. The maximum absolute atomic E-state index is 12.4. The molecule has 1 unspecified atom stereocenters. The number of nitrogens with zero attached hydrogens (tertiary/aromatic N) is 1. The summed E-state index contributed by atoms with van der Waals surface area (Å²) >= 11 is 5.94. The normalized spacial score (nSPS) is 13.9. The average Bonchev–Trinajstić information content (AvgIpc) is 2.92. The second-order valence-electron chi connectivity index (χ2n) is 5.84. The zero-order chi connectivity index (χ0) is 19.6. The first kappa shape index (κ1) is 18.6. The van der Waals surface area contributed by atoms with Crippen LogP contribution in [0.15, 0.2) is 48.5 Å². The number of anilines is 1. The van der Waals surface area contributed by atoms with E-state index in [1.807, 2.05) is 0 Å². The second-order valence-corrected chi connectivity index (χ2v) is 6.24. The third-order valence-corrected chi connectivity index (χ3v) is 4.38. The summed E-state index contributed by atoms with van der Waals surface area (Å²) in [7, 11) is 0. The lowest BCUT2D eigenvalue weighted by molar-refractivity contribution is -0.150. The molecule has 2 aromatic rings. The number of ether oxygens (including phenoxy) is 1. The number of hydrogen-bond acceptors (Lipinski definition) is 5. The van der Waals surface area contributed by atoms with Gasteiger partial charge in [-0.25, -0.2) is 4.79 Å². The maximum atomic E-state index is 12.4. The average molecular weight is 387 g/mol. The summed E-state index contributed by atoms with van der Waals surface area (Å²) in [5.74, 6) is -2.59. The van der Waals surface area contributed by atoms with Crippen LogP contribution in [-0.2, 0) is 14.3 Å². The number of esters is 1. The molecule has 1 aliphatic rings. The SMILES string of the molecule is CC(C(=O)OCC(=O)Nc1ccccc1Cl)N1C(=O)c2ccccc2C1=O.